The average molecular weight is 346 g/mol. The van der Waals surface area contributed by atoms with Crippen molar-refractivity contribution in [1.29, 1.82) is 0 Å². The fourth-order valence-electron chi connectivity index (χ4n) is 2.62. The summed E-state index contributed by atoms with van der Waals surface area (Å²) in [4.78, 5) is 12.2. The lowest BCUT2D eigenvalue weighted by Gasteiger charge is -2.15. The number of anilines is 1. The van der Waals surface area contributed by atoms with Crippen LogP contribution < -0.4 is 10.6 Å². The van der Waals surface area contributed by atoms with Gasteiger partial charge in [0.2, 0.25) is 0 Å². The van der Waals surface area contributed by atoms with Crippen LogP contribution >= 0.6 is 12.2 Å². The molecule has 4 heteroatoms. The lowest BCUT2D eigenvalue weighted by molar-refractivity contribution is 0.0977. The molecule has 0 fully saturated rings. The van der Waals surface area contributed by atoms with Crippen LogP contribution in [0.5, 0.6) is 0 Å². The first kappa shape index (κ1) is 16.9. The second-order valence-corrected chi connectivity index (χ2v) is 6.04. The van der Waals surface area contributed by atoms with Gasteiger partial charge < -0.3 is 5.32 Å². The van der Waals surface area contributed by atoms with Crippen molar-refractivity contribution in [2.24, 2.45) is 0 Å². The minimum absolute atomic E-state index is 0.230. The molecule has 0 aromatic heterocycles. The normalized spacial score (nSPS) is 10.1. The number of hydrogen-bond donors (Lipinski definition) is 2. The van der Waals surface area contributed by atoms with Gasteiger partial charge in [-0.05, 0) is 48.5 Å². The molecule has 0 spiro atoms. The van der Waals surface area contributed by atoms with Crippen LogP contribution in [0, 0.1) is 6.92 Å². The molecule has 0 aliphatic rings. The van der Waals surface area contributed by atoms with Crippen molar-refractivity contribution in [1.82, 2.24) is 5.32 Å². The van der Waals surface area contributed by atoms with E-state index in [9.17, 15) is 4.79 Å². The maximum absolute atomic E-state index is 12.2. The van der Waals surface area contributed by atoms with Gasteiger partial charge in [-0.2, -0.15) is 0 Å². The van der Waals surface area contributed by atoms with Crippen LogP contribution in [0.2, 0.25) is 0 Å². The lowest BCUT2D eigenvalue weighted by atomic mass is 9.99. The van der Waals surface area contributed by atoms with Crippen LogP contribution in [0.25, 0.3) is 11.1 Å². The van der Waals surface area contributed by atoms with Gasteiger partial charge in [-0.25, -0.2) is 0 Å². The Labute approximate surface area is 152 Å². The van der Waals surface area contributed by atoms with Gasteiger partial charge in [0.05, 0.1) is 0 Å². The van der Waals surface area contributed by atoms with Crippen LogP contribution in [0.1, 0.15) is 15.9 Å². The number of carbonyl (C=O) groups is 1. The highest BCUT2D eigenvalue weighted by Gasteiger charge is 2.10. The molecule has 0 aliphatic carbocycles. The van der Waals surface area contributed by atoms with Gasteiger partial charge in [0.1, 0.15) is 0 Å². The van der Waals surface area contributed by atoms with E-state index in [0.29, 0.717) is 5.56 Å². The van der Waals surface area contributed by atoms with Gasteiger partial charge in [-0.1, -0.05) is 60.7 Å². The first-order chi connectivity index (χ1) is 12.1. The van der Waals surface area contributed by atoms with E-state index in [2.05, 4.69) is 29.7 Å². The fourth-order valence-corrected chi connectivity index (χ4v) is 2.82. The third-order valence-electron chi connectivity index (χ3n) is 3.87. The summed E-state index contributed by atoms with van der Waals surface area (Å²) in [6.07, 6.45) is 0. The van der Waals surface area contributed by atoms with E-state index < -0.39 is 0 Å². The van der Waals surface area contributed by atoms with Crippen LogP contribution in [-0.2, 0) is 0 Å². The Kier molecular flexibility index (Phi) is 5.21. The number of carbonyl (C=O) groups excluding carboxylic acids is 1. The molecule has 0 bridgehead atoms. The number of thiocarbonyl (C=S) groups is 1. The van der Waals surface area contributed by atoms with E-state index >= 15 is 0 Å². The molecule has 3 nitrogen and oxygen atoms in total. The molecule has 25 heavy (non-hydrogen) atoms. The second-order valence-electron chi connectivity index (χ2n) is 5.63. The molecule has 0 radical (unpaired) electrons. The van der Waals surface area contributed by atoms with Crippen molar-refractivity contribution < 1.29 is 4.79 Å². The van der Waals surface area contributed by atoms with E-state index in [1.54, 1.807) is 12.1 Å². The Morgan fingerprint density at radius 2 is 1.40 bits per heavy atom. The summed E-state index contributed by atoms with van der Waals surface area (Å²) in [7, 11) is 0. The summed E-state index contributed by atoms with van der Waals surface area (Å²) in [6.45, 7) is 2.07. The molecule has 2 N–H and O–H groups in total. The fraction of sp³-hybridized carbons (Fsp3) is 0.0476. The van der Waals surface area contributed by atoms with E-state index in [0.717, 1.165) is 16.8 Å². The predicted molar refractivity (Wildman–Crippen MR) is 107 cm³/mol. The molecule has 0 atom stereocenters. The number of benzene rings is 3. The van der Waals surface area contributed by atoms with Crippen LogP contribution in [0.15, 0.2) is 78.9 Å². The van der Waals surface area contributed by atoms with Gasteiger partial charge in [-0.3, -0.25) is 10.1 Å². The van der Waals surface area contributed by atoms with Crippen molar-refractivity contribution in [3.63, 3.8) is 0 Å². The molecule has 0 heterocycles. The van der Waals surface area contributed by atoms with Crippen LogP contribution in [-0.4, -0.2) is 11.0 Å². The topological polar surface area (TPSA) is 41.1 Å². The molecular formula is C21H18N2OS. The Morgan fingerprint density at radius 3 is 2.12 bits per heavy atom. The SMILES string of the molecule is Cc1ccccc1-c1ccccc1NC(=S)NC(=O)c1ccccc1. The summed E-state index contributed by atoms with van der Waals surface area (Å²) in [6, 6.07) is 25.1. The Morgan fingerprint density at radius 1 is 0.800 bits per heavy atom. The largest absolute Gasteiger partial charge is 0.332 e. The summed E-state index contributed by atoms with van der Waals surface area (Å²) in [5.41, 5.74) is 4.77. The monoisotopic (exact) mass is 346 g/mol. The number of amides is 1. The van der Waals surface area contributed by atoms with Crippen molar-refractivity contribution >= 4 is 28.9 Å². The summed E-state index contributed by atoms with van der Waals surface area (Å²) < 4.78 is 0. The second kappa shape index (κ2) is 7.73. The Balaban J connectivity index is 1.79. The minimum atomic E-state index is -0.230. The molecule has 3 aromatic carbocycles. The van der Waals surface area contributed by atoms with Crippen molar-refractivity contribution in [3.05, 3.63) is 90.0 Å². The Hall–Kier alpha value is -2.98. The maximum Gasteiger partial charge on any atom is 0.257 e. The molecule has 3 rings (SSSR count). The highest BCUT2D eigenvalue weighted by Crippen LogP contribution is 2.30. The molecule has 0 unspecified atom stereocenters. The van der Waals surface area contributed by atoms with Crippen LogP contribution in [0.3, 0.4) is 0 Å². The quantitative estimate of drug-likeness (QED) is 0.670. The van der Waals surface area contributed by atoms with Gasteiger partial charge in [0.25, 0.3) is 5.91 Å². The zero-order chi connectivity index (χ0) is 17.6. The molecule has 1 amide bonds. The lowest BCUT2D eigenvalue weighted by Crippen LogP contribution is -2.34. The van der Waals surface area contributed by atoms with Gasteiger partial charge >= 0.3 is 0 Å². The summed E-state index contributed by atoms with van der Waals surface area (Å²) >= 11 is 5.31. The Bertz CT molecular complexity index is 907. The number of hydrogen-bond acceptors (Lipinski definition) is 2. The van der Waals surface area contributed by atoms with Gasteiger partial charge in [0.15, 0.2) is 5.11 Å². The van der Waals surface area contributed by atoms with Crippen molar-refractivity contribution in [3.8, 4) is 11.1 Å². The van der Waals surface area contributed by atoms with E-state index in [4.69, 9.17) is 12.2 Å². The first-order valence-corrected chi connectivity index (χ1v) is 8.38. The number of para-hydroxylation sites is 1. The molecule has 0 saturated heterocycles. The number of nitrogens with one attached hydrogen (secondary N) is 2. The zero-order valence-corrected chi connectivity index (χ0v) is 14.6. The third kappa shape index (κ3) is 4.11. The van der Waals surface area contributed by atoms with E-state index in [1.807, 2.05) is 54.6 Å². The highest BCUT2D eigenvalue weighted by molar-refractivity contribution is 7.80. The molecule has 0 aliphatic heterocycles. The van der Waals surface area contributed by atoms with Gasteiger partial charge in [0, 0.05) is 16.8 Å². The summed E-state index contributed by atoms with van der Waals surface area (Å²) in [5, 5.41) is 6.13. The highest BCUT2D eigenvalue weighted by atomic mass is 32.1. The third-order valence-corrected chi connectivity index (χ3v) is 4.08. The standard InChI is InChI=1S/C21H18N2OS/c1-15-9-5-6-12-17(15)18-13-7-8-14-19(18)22-21(25)23-20(24)16-10-3-2-4-11-16/h2-14H,1H3,(H2,22,23,24,25). The number of rotatable bonds is 3. The van der Waals surface area contributed by atoms with Crippen molar-refractivity contribution in [2.75, 3.05) is 5.32 Å². The summed E-state index contributed by atoms with van der Waals surface area (Å²) in [5.74, 6) is -0.230. The molecular weight excluding hydrogens is 328 g/mol. The smallest absolute Gasteiger partial charge is 0.257 e. The predicted octanol–water partition coefficient (Wildman–Crippen LogP) is 4.79. The molecule has 0 saturated carbocycles. The zero-order valence-electron chi connectivity index (χ0n) is 13.8. The minimum Gasteiger partial charge on any atom is -0.332 e. The van der Waals surface area contributed by atoms with E-state index in [-0.39, 0.29) is 11.0 Å². The molecule has 124 valence electrons. The molecule has 3 aromatic rings. The maximum atomic E-state index is 12.2. The average Bonchev–Trinajstić information content (AvgIpc) is 2.63. The van der Waals surface area contributed by atoms with Gasteiger partial charge in [-0.15, -0.1) is 0 Å². The first-order valence-electron chi connectivity index (χ1n) is 7.97. The van der Waals surface area contributed by atoms with Crippen LogP contribution in [0.4, 0.5) is 5.69 Å². The van der Waals surface area contributed by atoms with E-state index in [1.165, 1.54) is 5.56 Å². The van der Waals surface area contributed by atoms with Crippen molar-refractivity contribution in [2.45, 2.75) is 6.92 Å². The number of aryl methyl sites for hydroxylation is 1.